The maximum Gasteiger partial charge on any atom is 0.134 e. The van der Waals surface area contributed by atoms with Crippen molar-refractivity contribution in [3.05, 3.63) is 163 Å². The molecule has 0 saturated heterocycles. The predicted molar refractivity (Wildman–Crippen MR) is 197 cm³/mol. The highest BCUT2D eigenvalue weighted by atomic mass is 16.5. The second-order valence-corrected chi connectivity index (χ2v) is 12.2. The first kappa shape index (κ1) is 27.3. The second-order valence-electron chi connectivity index (χ2n) is 12.2. The molecule has 9 aromatic rings. The largest absolute Gasteiger partial charge is 0.495 e. The number of methoxy groups -OCH3 is 1. The SMILES string of the molecule is COc1c(-c2ccc(-n3c4ccccc4c4ccccc43)cc2)cc(C)cc1-c1ccc(-n2c3ccccc3c3ccccc32)cc1. The summed E-state index contributed by atoms with van der Waals surface area (Å²) < 4.78 is 10.9. The summed E-state index contributed by atoms with van der Waals surface area (Å²) in [5, 5.41) is 5.06. The molecule has 0 unspecified atom stereocenters. The minimum atomic E-state index is 0.879. The summed E-state index contributed by atoms with van der Waals surface area (Å²) >= 11 is 0. The van der Waals surface area contributed by atoms with Gasteiger partial charge in [0.05, 0.1) is 29.2 Å². The molecule has 2 aromatic heterocycles. The summed E-state index contributed by atoms with van der Waals surface area (Å²) in [6.45, 7) is 2.16. The summed E-state index contributed by atoms with van der Waals surface area (Å²) in [5.41, 5.74) is 12.7. The number of rotatable bonds is 5. The summed E-state index contributed by atoms with van der Waals surface area (Å²) in [5.74, 6) is 0.879. The minimum Gasteiger partial charge on any atom is -0.495 e. The zero-order valence-corrected chi connectivity index (χ0v) is 26.3. The van der Waals surface area contributed by atoms with Gasteiger partial charge in [-0.1, -0.05) is 97.1 Å². The third-order valence-electron chi connectivity index (χ3n) is 9.47. The standard InChI is InChI=1S/C44H32N2O/c1-29-27-38(30-19-23-32(24-20-30)45-40-15-7-3-11-34(40)35-12-4-8-16-41(35)45)44(47-2)39(28-29)31-21-25-33(26-22-31)46-42-17-9-5-13-36(42)37-14-6-10-18-43(37)46/h3-28H,1-2H3. The van der Waals surface area contributed by atoms with E-state index in [2.05, 4.69) is 174 Å². The summed E-state index contributed by atoms with van der Waals surface area (Å²) in [4.78, 5) is 0. The van der Waals surface area contributed by atoms with E-state index in [1.165, 1.54) is 49.2 Å². The monoisotopic (exact) mass is 604 g/mol. The molecule has 224 valence electrons. The first-order valence-corrected chi connectivity index (χ1v) is 16.1. The van der Waals surface area contributed by atoms with Gasteiger partial charge in [-0.15, -0.1) is 0 Å². The highest BCUT2D eigenvalue weighted by Crippen LogP contribution is 2.41. The Hall–Kier alpha value is -6.06. The fourth-order valence-electron chi connectivity index (χ4n) is 7.40. The molecule has 9 rings (SSSR count). The molecule has 0 aliphatic heterocycles. The van der Waals surface area contributed by atoms with Crippen LogP contribution in [0.15, 0.2) is 158 Å². The van der Waals surface area contributed by atoms with E-state index in [0.717, 1.165) is 39.4 Å². The third-order valence-corrected chi connectivity index (χ3v) is 9.47. The van der Waals surface area contributed by atoms with Gasteiger partial charge in [0, 0.05) is 44.0 Å². The van der Waals surface area contributed by atoms with Crippen molar-refractivity contribution >= 4 is 43.6 Å². The fraction of sp³-hybridized carbons (Fsp3) is 0.0455. The molecule has 0 aliphatic rings. The van der Waals surface area contributed by atoms with Gasteiger partial charge in [0.2, 0.25) is 0 Å². The van der Waals surface area contributed by atoms with E-state index in [1.807, 2.05) is 0 Å². The van der Waals surface area contributed by atoms with Crippen LogP contribution in [0.5, 0.6) is 5.75 Å². The zero-order chi connectivity index (χ0) is 31.5. The van der Waals surface area contributed by atoms with E-state index in [9.17, 15) is 0 Å². The number of hydrogen-bond acceptors (Lipinski definition) is 1. The van der Waals surface area contributed by atoms with E-state index < -0.39 is 0 Å². The lowest BCUT2D eigenvalue weighted by molar-refractivity contribution is 0.418. The highest BCUT2D eigenvalue weighted by molar-refractivity contribution is 6.10. The Labute approximate surface area is 273 Å². The molecule has 7 aromatic carbocycles. The van der Waals surface area contributed by atoms with Gasteiger partial charge >= 0.3 is 0 Å². The van der Waals surface area contributed by atoms with E-state index in [0.29, 0.717) is 0 Å². The number of benzene rings is 7. The molecule has 0 spiro atoms. The Morgan fingerprint density at radius 2 is 0.723 bits per heavy atom. The number of ether oxygens (including phenoxy) is 1. The van der Waals surface area contributed by atoms with Crippen molar-refractivity contribution < 1.29 is 4.74 Å². The van der Waals surface area contributed by atoms with E-state index >= 15 is 0 Å². The van der Waals surface area contributed by atoms with Gasteiger partial charge in [0.1, 0.15) is 5.75 Å². The molecule has 0 fully saturated rings. The molecule has 0 N–H and O–H groups in total. The summed E-state index contributed by atoms with van der Waals surface area (Å²) in [6.07, 6.45) is 0. The number of fused-ring (bicyclic) bond motifs is 6. The topological polar surface area (TPSA) is 19.1 Å². The Morgan fingerprint density at radius 1 is 0.404 bits per heavy atom. The fourth-order valence-corrected chi connectivity index (χ4v) is 7.40. The maximum absolute atomic E-state index is 6.17. The van der Waals surface area contributed by atoms with Crippen molar-refractivity contribution in [2.24, 2.45) is 0 Å². The minimum absolute atomic E-state index is 0.879. The normalized spacial score (nSPS) is 11.6. The van der Waals surface area contributed by atoms with Crippen molar-refractivity contribution in [3.63, 3.8) is 0 Å². The molecular weight excluding hydrogens is 572 g/mol. The molecular formula is C44H32N2O. The van der Waals surface area contributed by atoms with Crippen LogP contribution in [0, 0.1) is 6.92 Å². The van der Waals surface area contributed by atoms with Crippen LogP contribution in [0.3, 0.4) is 0 Å². The highest BCUT2D eigenvalue weighted by Gasteiger charge is 2.17. The lowest BCUT2D eigenvalue weighted by atomic mass is 9.94. The number of nitrogens with zero attached hydrogens (tertiary/aromatic N) is 2. The number of aryl methyl sites for hydroxylation is 1. The van der Waals surface area contributed by atoms with Crippen molar-refractivity contribution in [2.45, 2.75) is 6.92 Å². The van der Waals surface area contributed by atoms with Crippen molar-refractivity contribution in [2.75, 3.05) is 7.11 Å². The molecule has 47 heavy (non-hydrogen) atoms. The molecule has 2 heterocycles. The Balaban J connectivity index is 1.12. The lowest BCUT2D eigenvalue weighted by Crippen LogP contribution is -1.96. The van der Waals surface area contributed by atoms with Crippen LogP contribution in [0.2, 0.25) is 0 Å². The summed E-state index contributed by atoms with van der Waals surface area (Å²) in [7, 11) is 1.77. The Bertz CT molecular complexity index is 2320. The summed E-state index contributed by atoms with van der Waals surface area (Å²) in [6, 6.07) is 56.7. The molecule has 3 heteroatoms. The first-order valence-electron chi connectivity index (χ1n) is 16.1. The van der Waals surface area contributed by atoms with Gasteiger partial charge in [-0.25, -0.2) is 0 Å². The molecule has 0 amide bonds. The average molecular weight is 605 g/mol. The molecule has 0 saturated carbocycles. The van der Waals surface area contributed by atoms with Gasteiger partial charge in [-0.3, -0.25) is 0 Å². The smallest absolute Gasteiger partial charge is 0.134 e. The van der Waals surface area contributed by atoms with Crippen LogP contribution in [-0.4, -0.2) is 16.2 Å². The second kappa shape index (κ2) is 10.8. The Kier molecular flexibility index (Phi) is 6.26. The van der Waals surface area contributed by atoms with E-state index in [-0.39, 0.29) is 0 Å². The van der Waals surface area contributed by atoms with E-state index in [1.54, 1.807) is 7.11 Å². The van der Waals surface area contributed by atoms with Crippen LogP contribution in [-0.2, 0) is 0 Å². The third kappa shape index (κ3) is 4.28. The van der Waals surface area contributed by atoms with Crippen LogP contribution in [0.25, 0.3) is 77.2 Å². The quantitative estimate of drug-likeness (QED) is 0.191. The van der Waals surface area contributed by atoms with Gasteiger partial charge in [-0.05, 0) is 84.3 Å². The van der Waals surface area contributed by atoms with Crippen molar-refractivity contribution in [1.29, 1.82) is 0 Å². The average Bonchev–Trinajstić information content (AvgIpc) is 3.65. The first-order chi connectivity index (χ1) is 23.2. The van der Waals surface area contributed by atoms with E-state index in [4.69, 9.17) is 4.74 Å². The van der Waals surface area contributed by atoms with Crippen LogP contribution in [0.1, 0.15) is 5.56 Å². The van der Waals surface area contributed by atoms with Crippen molar-refractivity contribution in [1.82, 2.24) is 9.13 Å². The lowest BCUT2D eigenvalue weighted by Gasteiger charge is -2.17. The molecule has 0 radical (unpaired) electrons. The maximum atomic E-state index is 6.17. The number of hydrogen-bond donors (Lipinski definition) is 0. The number of para-hydroxylation sites is 4. The van der Waals surface area contributed by atoms with Gasteiger partial charge in [0.25, 0.3) is 0 Å². The van der Waals surface area contributed by atoms with Crippen molar-refractivity contribution in [3.8, 4) is 39.4 Å². The molecule has 0 bridgehead atoms. The van der Waals surface area contributed by atoms with Crippen LogP contribution >= 0.6 is 0 Å². The molecule has 0 atom stereocenters. The van der Waals surface area contributed by atoms with Crippen LogP contribution < -0.4 is 4.74 Å². The molecule has 0 aliphatic carbocycles. The van der Waals surface area contributed by atoms with Gasteiger partial charge in [0.15, 0.2) is 0 Å². The van der Waals surface area contributed by atoms with Gasteiger partial charge in [-0.2, -0.15) is 0 Å². The zero-order valence-electron chi connectivity index (χ0n) is 26.3. The predicted octanol–water partition coefficient (Wildman–Crippen LogP) is 11.5. The van der Waals surface area contributed by atoms with Gasteiger partial charge < -0.3 is 13.9 Å². The van der Waals surface area contributed by atoms with Crippen LogP contribution in [0.4, 0.5) is 0 Å². The number of aromatic nitrogens is 2. The Morgan fingerprint density at radius 3 is 1.04 bits per heavy atom. The molecule has 3 nitrogen and oxygen atoms in total.